The summed E-state index contributed by atoms with van der Waals surface area (Å²) in [6.07, 6.45) is 5.28. The van der Waals surface area contributed by atoms with Gasteiger partial charge in [-0.05, 0) is 24.5 Å². The molecule has 5 nitrogen and oxygen atoms in total. The molecular weight excluding hydrogens is 307 g/mol. The first-order valence-electron chi connectivity index (χ1n) is 7.05. The highest BCUT2D eigenvalue weighted by Crippen LogP contribution is 2.33. The Bertz CT molecular complexity index is 626. The van der Waals surface area contributed by atoms with Gasteiger partial charge in [0.1, 0.15) is 0 Å². The minimum Gasteiger partial charge on any atom is -0.369 e. The van der Waals surface area contributed by atoms with Crippen molar-refractivity contribution in [1.29, 1.82) is 5.41 Å². The lowest BCUT2D eigenvalue weighted by molar-refractivity contribution is -0.0890. The van der Waals surface area contributed by atoms with Crippen molar-refractivity contribution in [1.82, 2.24) is 10.2 Å². The van der Waals surface area contributed by atoms with Crippen molar-refractivity contribution in [3.05, 3.63) is 47.9 Å². The monoisotopic (exact) mass is 325 g/mol. The Morgan fingerprint density at radius 3 is 2.78 bits per heavy atom. The molecule has 1 aliphatic carbocycles. The zero-order valence-electron chi connectivity index (χ0n) is 12.6. The number of aliphatic imine (C=N–C) groups is 1. The highest BCUT2D eigenvalue weighted by molar-refractivity contribution is 5.97. The summed E-state index contributed by atoms with van der Waals surface area (Å²) in [6, 6.07) is 0. The van der Waals surface area contributed by atoms with Gasteiger partial charge in [0.15, 0.2) is 5.96 Å². The molecule has 0 fully saturated rings. The van der Waals surface area contributed by atoms with Gasteiger partial charge in [-0.15, -0.1) is 0 Å². The molecule has 0 spiro atoms. The average molecular weight is 325 g/mol. The minimum absolute atomic E-state index is 0.00268. The molecule has 8 heteroatoms. The fourth-order valence-corrected chi connectivity index (χ4v) is 2.25. The van der Waals surface area contributed by atoms with Gasteiger partial charge in [-0.3, -0.25) is 10.7 Å². The van der Waals surface area contributed by atoms with E-state index in [0.717, 1.165) is 6.08 Å². The summed E-state index contributed by atoms with van der Waals surface area (Å²) in [7, 11) is 0. The second-order valence-electron chi connectivity index (χ2n) is 5.33. The maximum Gasteiger partial charge on any atom is 0.416 e. The highest BCUT2D eigenvalue weighted by atomic mass is 19.4. The number of allylic oxidation sites excluding steroid dienone is 6. The molecule has 23 heavy (non-hydrogen) atoms. The molecule has 1 aliphatic heterocycles. The van der Waals surface area contributed by atoms with E-state index < -0.39 is 11.7 Å². The number of nitrogens with two attached hydrogens (primary N) is 1. The van der Waals surface area contributed by atoms with E-state index >= 15 is 0 Å². The van der Waals surface area contributed by atoms with Gasteiger partial charge in [-0.2, -0.15) is 13.2 Å². The van der Waals surface area contributed by atoms with E-state index in [9.17, 15) is 13.2 Å². The Balaban J connectivity index is 2.06. The summed E-state index contributed by atoms with van der Waals surface area (Å²) in [5, 5.41) is 10.4. The van der Waals surface area contributed by atoms with Crippen molar-refractivity contribution >= 4 is 11.9 Å². The molecule has 1 heterocycles. The maximum atomic E-state index is 12.8. The van der Waals surface area contributed by atoms with Crippen LogP contribution in [0.4, 0.5) is 13.2 Å². The molecule has 1 unspecified atom stereocenters. The number of rotatable bonds is 1. The molecule has 4 N–H and O–H groups in total. The third-order valence-corrected chi connectivity index (χ3v) is 3.26. The number of nitrogens with one attached hydrogen (secondary N) is 2. The van der Waals surface area contributed by atoms with Crippen molar-refractivity contribution in [3.8, 4) is 0 Å². The molecule has 0 radical (unpaired) electrons. The number of halogens is 3. The normalized spacial score (nSPS) is 21.8. The molecule has 0 aromatic carbocycles. The van der Waals surface area contributed by atoms with Gasteiger partial charge in [-0.1, -0.05) is 25.2 Å². The Hall–Kier alpha value is -2.51. The second-order valence-corrected chi connectivity index (χ2v) is 5.33. The minimum atomic E-state index is -4.41. The van der Waals surface area contributed by atoms with Crippen LogP contribution in [0.25, 0.3) is 0 Å². The van der Waals surface area contributed by atoms with Crippen LogP contribution >= 0.6 is 0 Å². The highest BCUT2D eigenvalue weighted by Gasteiger charge is 2.34. The van der Waals surface area contributed by atoms with E-state index in [2.05, 4.69) is 10.3 Å². The summed E-state index contributed by atoms with van der Waals surface area (Å²) >= 11 is 0. The van der Waals surface area contributed by atoms with Crippen LogP contribution in [0, 0.1) is 11.3 Å². The van der Waals surface area contributed by atoms with Crippen LogP contribution in [0.3, 0.4) is 0 Å². The van der Waals surface area contributed by atoms with Gasteiger partial charge in [0.25, 0.3) is 0 Å². The Morgan fingerprint density at radius 1 is 1.43 bits per heavy atom. The zero-order chi connectivity index (χ0) is 17.0. The molecule has 0 aromatic heterocycles. The van der Waals surface area contributed by atoms with Crippen molar-refractivity contribution < 1.29 is 13.2 Å². The largest absolute Gasteiger partial charge is 0.416 e. The summed E-state index contributed by atoms with van der Waals surface area (Å²) < 4.78 is 38.4. The fraction of sp³-hybridized carbons (Fsp3) is 0.333. The number of hydrogen-bond acceptors (Lipinski definition) is 2. The molecule has 2 rings (SSSR count). The summed E-state index contributed by atoms with van der Waals surface area (Å²) in [5.41, 5.74) is 5.21. The van der Waals surface area contributed by atoms with Crippen LogP contribution in [0.15, 0.2) is 52.8 Å². The maximum absolute atomic E-state index is 12.8. The summed E-state index contributed by atoms with van der Waals surface area (Å²) in [6.45, 7) is 2.20. The number of nitrogens with zero attached hydrogens (tertiary/aromatic N) is 2. The van der Waals surface area contributed by atoms with E-state index in [1.807, 2.05) is 12.2 Å². The first-order valence-corrected chi connectivity index (χ1v) is 7.05. The smallest absolute Gasteiger partial charge is 0.369 e. The predicted molar refractivity (Wildman–Crippen MR) is 83.5 cm³/mol. The molecule has 124 valence electrons. The lowest BCUT2D eigenvalue weighted by Crippen LogP contribution is -2.44. The SMILES string of the molecule is CC1C=C(C(F)(F)F)C=C(N=C(N)NC(=N)N2C=CC=CC2)C1. The quantitative estimate of drug-likeness (QED) is 0.512. The van der Waals surface area contributed by atoms with Crippen molar-refractivity contribution in [2.75, 3.05) is 6.54 Å². The summed E-state index contributed by atoms with van der Waals surface area (Å²) in [4.78, 5) is 5.56. The van der Waals surface area contributed by atoms with E-state index in [1.165, 1.54) is 6.08 Å². The molecule has 0 saturated carbocycles. The first kappa shape index (κ1) is 16.9. The van der Waals surface area contributed by atoms with Gasteiger partial charge in [0.05, 0.1) is 5.57 Å². The Morgan fingerprint density at radius 2 is 2.17 bits per heavy atom. The predicted octanol–water partition coefficient (Wildman–Crippen LogP) is 2.62. The molecular formula is C15H18F3N5. The molecule has 2 aliphatic rings. The third-order valence-electron chi connectivity index (χ3n) is 3.26. The molecule has 0 amide bonds. The van der Waals surface area contributed by atoms with Crippen LogP contribution in [-0.2, 0) is 0 Å². The van der Waals surface area contributed by atoms with E-state index in [0.29, 0.717) is 13.0 Å². The topological polar surface area (TPSA) is 77.5 Å². The lowest BCUT2D eigenvalue weighted by Gasteiger charge is -2.22. The third kappa shape index (κ3) is 4.73. The lowest BCUT2D eigenvalue weighted by atomic mass is 9.95. The molecule has 0 bridgehead atoms. The molecule has 1 atom stereocenters. The molecule has 0 aromatic rings. The van der Waals surface area contributed by atoms with E-state index in [-0.39, 0.29) is 23.5 Å². The van der Waals surface area contributed by atoms with Crippen LogP contribution in [0.2, 0.25) is 0 Å². The van der Waals surface area contributed by atoms with Gasteiger partial charge in [0.2, 0.25) is 5.96 Å². The van der Waals surface area contributed by atoms with E-state index in [4.69, 9.17) is 11.1 Å². The Kier molecular flexibility index (Phi) is 4.92. The van der Waals surface area contributed by atoms with Crippen LogP contribution < -0.4 is 11.1 Å². The van der Waals surface area contributed by atoms with Gasteiger partial charge >= 0.3 is 6.18 Å². The van der Waals surface area contributed by atoms with Crippen molar-refractivity contribution in [2.24, 2.45) is 16.6 Å². The second kappa shape index (κ2) is 6.72. The van der Waals surface area contributed by atoms with Crippen molar-refractivity contribution in [3.63, 3.8) is 0 Å². The standard InChI is InChI=1S/C15H18F3N5/c1-10-7-11(15(16,17)18)9-12(8-10)21-13(19)22-14(20)23-5-3-2-4-6-23/h2-5,7,9-10H,6,8H2,1H3,(H4,19,20,21,22). The number of alkyl halides is 3. The average Bonchev–Trinajstić information content (AvgIpc) is 2.46. The van der Waals surface area contributed by atoms with E-state index in [1.54, 1.807) is 24.1 Å². The van der Waals surface area contributed by atoms with Gasteiger partial charge in [0, 0.05) is 18.4 Å². The zero-order valence-corrected chi connectivity index (χ0v) is 12.6. The fourth-order valence-electron chi connectivity index (χ4n) is 2.25. The first-order chi connectivity index (χ1) is 10.8. The number of hydrogen-bond donors (Lipinski definition) is 3. The van der Waals surface area contributed by atoms with Gasteiger partial charge in [-0.25, -0.2) is 4.99 Å². The number of guanidine groups is 2. The Labute approximate surface area is 132 Å². The van der Waals surface area contributed by atoms with Crippen LogP contribution in [-0.4, -0.2) is 29.5 Å². The van der Waals surface area contributed by atoms with Gasteiger partial charge < -0.3 is 10.6 Å². The van der Waals surface area contributed by atoms with Crippen LogP contribution in [0.5, 0.6) is 0 Å². The van der Waals surface area contributed by atoms with Crippen molar-refractivity contribution in [2.45, 2.75) is 19.5 Å². The van der Waals surface area contributed by atoms with Crippen LogP contribution in [0.1, 0.15) is 13.3 Å². The molecule has 0 saturated heterocycles. The summed E-state index contributed by atoms with van der Waals surface area (Å²) in [5.74, 6) is -0.388.